The second kappa shape index (κ2) is 5.55. The van der Waals surface area contributed by atoms with E-state index in [-0.39, 0.29) is 0 Å². The van der Waals surface area contributed by atoms with E-state index in [9.17, 15) is 0 Å². The number of para-hydroxylation sites is 2. The number of aryl methyl sites for hydroxylation is 1. The fraction of sp³-hybridized carbons (Fsp3) is 0.0588. The lowest BCUT2D eigenvalue weighted by Crippen LogP contribution is -1.96. The monoisotopic (exact) mass is 367 g/mol. The van der Waals surface area contributed by atoms with Gasteiger partial charge in [-0.05, 0) is 40.2 Å². The van der Waals surface area contributed by atoms with Gasteiger partial charge < -0.3 is 10.3 Å². The van der Waals surface area contributed by atoms with Crippen LogP contribution in [0, 0.1) is 0 Å². The van der Waals surface area contributed by atoms with Crippen molar-refractivity contribution >= 4 is 38.6 Å². The van der Waals surface area contributed by atoms with Crippen molar-refractivity contribution < 1.29 is 0 Å². The first-order chi connectivity index (χ1) is 11.2. The first-order valence-corrected chi connectivity index (χ1v) is 8.00. The molecule has 0 radical (unpaired) electrons. The molecule has 114 valence electrons. The highest BCUT2D eigenvalue weighted by molar-refractivity contribution is 9.10. The first kappa shape index (κ1) is 14.0. The van der Waals surface area contributed by atoms with E-state index in [2.05, 4.69) is 48.4 Å². The normalized spacial score (nSPS) is 11.0. The number of nitrogens with zero attached hydrogens (tertiary/aromatic N) is 3. The zero-order valence-corrected chi connectivity index (χ0v) is 14.0. The van der Waals surface area contributed by atoms with Gasteiger partial charge in [-0.25, -0.2) is 4.98 Å². The molecule has 0 aliphatic carbocycles. The maximum atomic E-state index is 4.54. The third kappa shape index (κ3) is 2.61. The molecule has 2 aromatic heterocycles. The Bertz CT molecular complexity index is 933. The topological polar surface area (TPSA) is 58.5 Å². The quantitative estimate of drug-likeness (QED) is 0.561. The summed E-state index contributed by atoms with van der Waals surface area (Å²) in [6.07, 6.45) is 1.80. The molecule has 0 bridgehead atoms. The summed E-state index contributed by atoms with van der Waals surface area (Å²) in [6.45, 7) is 0. The van der Waals surface area contributed by atoms with E-state index < -0.39 is 0 Å². The van der Waals surface area contributed by atoms with Crippen molar-refractivity contribution in [1.29, 1.82) is 0 Å². The van der Waals surface area contributed by atoms with Crippen molar-refractivity contribution in [2.45, 2.75) is 0 Å². The van der Waals surface area contributed by atoms with Crippen molar-refractivity contribution in [2.24, 2.45) is 7.05 Å². The maximum Gasteiger partial charge on any atom is 0.205 e. The number of rotatable bonds is 3. The Kier molecular flexibility index (Phi) is 3.38. The molecule has 0 fully saturated rings. The molecular formula is C17H14BrN5. The predicted molar refractivity (Wildman–Crippen MR) is 95.7 cm³/mol. The van der Waals surface area contributed by atoms with Crippen molar-refractivity contribution in [2.75, 3.05) is 5.32 Å². The Morgan fingerprint density at radius 1 is 1.13 bits per heavy atom. The summed E-state index contributed by atoms with van der Waals surface area (Å²) in [7, 11) is 1.93. The van der Waals surface area contributed by atoms with E-state index in [4.69, 9.17) is 0 Å². The van der Waals surface area contributed by atoms with Gasteiger partial charge in [-0.3, -0.25) is 4.68 Å². The Balaban J connectivity index is 1.69. The average Bonchev–Trinajstić information content (AvgIpc) is 3.10. The van der Waals surface area contributed by atoms with Crippen LogP contribution in [0.1, 0.15) is 0 Å². The van der Waals surface area contributed by atoms with Crippen LogP contribution in [-0.2, 0) is 7.05 Å². The minimum Gasteiger partial charge on any atom is -0.326 e. The van der Waals surface area contributed by atoms with Crippen LogP contribution in [0.2, 0.25) is 0 Å². The first-order valence-electron chi connectivity index (χ1n) is 7.20. The molecule has 0 unspecified atom stereocenters. The van der Waals surface area contributed by atoms with Crippen LogP contribution in [0.25, 0.3) is 22.3 Å². The van der Waals surface area contributed by atoms with Crippen LogP contribution < -0.4 is 5.32 Å². The number of fused-ring (bicyclic) bond motifs is 1. The Morgan fingerprint density at radius 2 is 2.00 bits per heavy atom. The molecule has 2 N–H and O–H groups in total. The summed E-state index contributed by atoms with van der Waals surface area (Å²) >= 11 is 3.55. The third-order valence-corrected chi connectivity index (χ3v) is 4.26. The van der Waals surface area contributed by atoms with Crippen LogP contribution in [0.4, 0.5) is 11.6 Å². The number of halogens is 1. The molecule has 0 spiro atoms. The molecule has 23 heavy (non-hydrogen) atoms. The molecule has 2 aromatic carbocycles. The fourth-order valence-corrected chi connectivity index (χ4v) is 3.21. The zero-order chi connectivity index (χ0) is 15.8. The number of nitrogens with one attached hydrogen (secondary N) is 2. The second-order valence-electron chi connectivity index (χ2n) is 5.27. The highest BCUT2D eigenvalue weighted by atomic mass is 79.9. The molecule has 0 atom stereocenters. The lowest BCUT2D eigenvalue weighted by atomic mass is 10.1. The van der Waals surface area contributed by atoms with Crippen molar-refractivity contribution in [1.82, 2.24) is 19.7 Å². The van der Waals surface area contributed by atoms with E-state index in [0.717, 1.165) is 38.4 Å². The summed E-state index contributed by atoms with van der Waals surface area (Å²) < 4.78 is 2.82. The van der Waals surface area contributed by atoms with Crippen LogP contribution in [0.5, 0.6) is 0 Å². The molecule has 2 heterocycles. The van der Waals surface area contributed by atoms with Gasteiger partial charge in [0.25, 0.3) is 0 Å². The minimum absolute atomic E-state index is 0.729. The summed E-state index contributed by atoms with van der Waals surface area (Å²) in [4.78, 5) is 7.81. The largest absolute Gasteiger partial charge is 0.326 e. The number of hydrogen-bond acceptors (Lipinski definition) is 3. The summed E-state index contributed by atoms with van der Waals surface area (Å²) in [5.74, 6) is 0.729. The molecule has 0 aliphatic heterocycles. The van der Waals surface area contributed by atoms with Crippen molar-refractivity contribution in [3.05, 3.63) is 59.2 Å². The summed E-state index contributed by atoms with van der Waals surface area (Å²) in [6, 6.07) is 16.1. The fourth-order valence-electron chi connectivity index (χ4n) is 2.63. The number of imidazole rings is 1. The second-order valence-corrected chi connectivity index (χ2v) is 6.13. The number of H-pyrrole nitrogens is 1. The number of hydrogen-bond donors (Lipinski definition) is 2. The highest BCUT2D eigenvalue weighted by Crippen LogP contribution is 2.29. The summed E-state index contributed by atoms with van der Waals surface area (Å²) in [5, 5.41) is 7.59. The van der Waals surface area contributed by atoms with Gasteiger partial charge in [0.05, 0.1) is 27.4 Å². The average molecular weight is 368 g/mol. The van der Waals surface area contributed by atoms with E-state index in [0.29, 0.717) is 0 Å². The SMILES string of the molecule is Cn1ncc(Br)c1-c1cccc(Nc2nc3ccccc3[nH]2)c1. The van der Waals surface area contributed by atoms with Gasteiger partial charge in [-0.1, -0.05) is 24.3 Å². The van der Waals surface area contributed by atoms with Gasteiger partial charge in [0, 0.05) is 18.3 Å². The van der Waals surface area contributed by atoms with E-state index in [1.807, 2.05) is 48.1 Å². The van der Waals surface area contributed by atoms with Crippen molar-refractivity contribution in [3.63, 3.8) is 0 Å². The zero-order valence-electron chi connectivity index (χ0n) is 12.4. The molecular weight excluding hydrogens is 354 g/mol. The van der Waals surface area contributed by atoms with Gasteiger partial charge >= 0.3 is 0 Å². The molecule has 0 aliphatic rings. The number of anilines is 2. The standard InChI is InChI=1S/C17H14BrN5/c1-23-16(13(18)10-19-23)11-5-4-6-12(9-11)20-17-21-14-7-2-3-8-15(14)22-17/h2-10H,1H3,(H2,20,21,22). The van der Waals surface area contributed by atoms with Crippen LogP contribution >= 0.6 is 15.9 Å². The van der Waals surface area contributed by atoms with E-state index in [1.54, 1.807) is 6.20 Å². The molecule has 6 heteroatoms. The maximum absolute atomic E-state index is 4.54. The lowest BCUT2D eigenvalue weighted by molar-refractivity contribution is 0.776. The van der Waals surface area contributed by atoms with Gasteiger partial charge in [0.15, 0.2) is 0 Å². The summed E-state index contributed by atoms with van der Waals surface area (Å²) in [5.41, 5.74) is 5.05. The molecule has 5 nitrogen and oxygen atoms in total. The van der Waals surface area contributed by atoms with Crippen LogP contribution in [0.3, 0.4) is 0 Å². The molecule has 0 amide bonds. The molecule has 4 rings (SSSR count). The number of aromatic amines is 1. The van der Waals surface area contributed by atoms with E-state index >= 15 is 0 Å². The third-order valence-electron chi connectivity index (χ3n) is 3.68. The minimum atomic E-state index is 0.729. The van der Waals surface area contributed by atoms with Gasteiger partial charge in [-0.2, -0.15) is 5.10 Å². The van der Waals surface area contributed by atoms with E-state index in [1.165, 1.54) is 0 Å². The number of aromatic nitrogens is 4. The Hall–Kier alpha value is -2.60. The van der Waals surface area contributed by atoms with Gasteiger partial charge in [0.2, 0.25) is 5.95 Å². The smallest absolute Gasteiger partial charge is 0.205 e. The highest BCUT2D eigenvalue weighted by Gasteiger charge is 2.10. The van der Waals surface area contributed by atoms with Crippen molar-refractivity contribution in [3.8, 4) is 11.3 Å². The predicted octanol–water partition coefficient (Wildman–Crippen LogP) is 4.47. The van der Waals surface area contributed by atoms with Crippen LogP contribution in [-0.4, -0.2) is 19.7 Å². The lowest BCUT2D eigenvalue weighted by Gasteiger charge is -2.07. The van der Waals surface area contributed by atoms with Gasteiger partial charge in [-0.15, -0.1) is 0 Å². The van der Waals surface area contributed by atoms with Crippen LogP contribution in [0.15, 0.2) is 59.2 Å². The molecule has 0 saturated carbocycles. The van der Waals surface area contributed by atoms with Gasteiger partial charge in [0.1, 0.15) is 0 Å². The Morgan fingerprint density at radius 3 is 2.78 bits per heavy atom. The molecule has 4 aromatic rings. The Labute approximate surface area is 141 Å². The molecule has 0 saturated heterocycles. The number of benzene rings is 2.